The summed E-state index contributed by atoms with van der Waals surface area (Å²) >= 11 is 0. The first-order valence-corrected chi connectivity index (χ1v) is 3.52. The van der Waals surface area contributed by atoms with E-state index in [1.165, 1.54) is 0 Å². The summed E-state index contributed by atoms with van der Waals surface area (Å²) in [5, 5.41) is -0.539. The third kappa shape index (κ3) is 2.14. The lowest BCUT2D eigenvalue weighted by molar-refractivity contribution is -0.226. The Kier molecular flexibility index (Phi) is 3.10. The zero-order valence-corrected chi connectivity index (χ0v) is 6.31. The largest absolute Gasteiger partial charge is 0.331 e. The maximum absolute atomic E-state index is 10.1. The summed E-state index contributed by atoms with van der Waals surface area (Å²) in [4.78, 5) is 8.19. The first-order valence-electron chi connectivity index (χ1n) is 2.08. The van der Waals surface area contributed by atoms with Gasteiger partial charge in [0.2, 0.25) is 0 Å². The summed E-state index contributed by atoms with van der Waals surface area (Å²) in [6.07, 6.45) is 1.12. The molecule has 0 aromatic rings. The molecule has 7 heteroatoms. The predicted molar refractivity (Wildman–Crippen MR) is 33.9 cm³/mol. The van der Waals surface area contributed by atoms with Crippen molar-refractivity contribution >= 4 is 22.5 Å². The molecule has 1 aliphatic heterocycles. The van der Waals surface area contributed by atoms with Crippen LogP contribution in [0.5, 0.6) is 0 Å². The van der Waals surface area contributed by atoms with Gasteiger partial charge >= 0.3 is 10.1 Å². The van der Waals surface area contributed by atoms with Gasteiger partial charge in [-0.1, -0.05) is 0 Å². The van der Waals surface area contributed by atoms with Crippen LogP contribution >= 0.6 is 12.4 Å². The summed E-state index contributed by atoms with van der Waals surface area (Å²) in [7, 11) is -4.19. The van der Waals surface area contributed by atoms with Gasteiger partial charge in [0.05, 0.1) is 0 Å². The Morgan fingerprint density at radius 3 is 2.40 bits per heavy atom. The van der Waals surface area contributed by atoms with Crippen molar-refractivity contribution in [2.45, 2.75) is 0 Å². The lowest BCUT2D eigenvalue weighted by Crippen LogP contribution is -2.00. The molecule has 0 fully saturated rings. The van der Waals surface area contributed by atoms with Gasteiger partial charge in [0.1, 0.15) is 6.61 Å². The molecule has 1 N–H and O–H groups in total. The second-order valence-electron chi connectivity index (χ2n) is 1.37. The van der Waals surface area contributed by atoms with E-state index in [1.54, 1.807) is 0 Å². The molecule has 0 aromatic heterocycles. The van der Waals surface area contributed by atoms with Gasteiger partial charge in [-0.25, -0.2) is 0 Å². The Morgan fingerprint density at radius 2 is 2.20 bits per heavy atom. The fourth-order valence-corrected chi connectivity index (χ4v) is 0.789. The van der Waals surface area contributed by atoms with E-state index in [0.29, 0.717) is 0 Å². The van der Waals surface area contributed by atoms with Gasteiger partial charge in [-0.2, -0.15) is 13.3 Å². The molecule has 5 nitrogen and oxygen atoms in total. The molecule has 0 radical (unpaired) electrons. The standard InChI is InChI=1S/C3H4O5S.ClH/c4-9(5,6)3-1-2-7-8-3;/h1H,2H2,(H,4,5,6);1H. The van der Waals surface area contributed by atoms with Crippen molar-refractivity contribution in [2.24, 2.45) is 0 Å². The Labute approximate surface area is 63.7 Å². The SMILES string of the molecule is Cl.O=S(=O)(O)C1=CCOO1. The van der Waals surface area contributed by atoms with Crippen molar-refractivity contribution in [2.75, 3.05) is 6.61 Å². The van der Waals surface area contributed by atoms with Gasteiger partial charge in [0.25, 0.3) is 5.09 Å². The molecule has 1 rings (SSSR count). The summed E-state index contributed by atoms with van der Waals surface area (Å²) in [5.41, 5.74) is 0. The third-order valence-electron chi connectivity index (χ3n) is 0.713. The predicted octanol–water partition coefficient (Wildman–Crippen LogP) is 0.0992. The highest BCUT2D eigenvalue weighted by atomic mass is 35.5. The van der Waals surface area contributed by atoms with E-state index in [0.717, 1.165) is 6.08 Å². The van der Waals surface area contributed by atoms with Gasteiger partial charge in [0.15, 0.2) is 0 Å². The van der Waals surface area contributed by atoms with Crippen molar-refractivity contribution in [3.05, 3.63) is 11.2 Å². The van der Waals surface area contributed by atoms with E-state index in [9.17, 15) is 8.42 Å². The molecule has 0 aliphatic carbocycles. The fraction of sp³-hybridized carbons (Fsp3) is 0.333. The number of halogens is 1. The Bertz CT molecular complexity index is 229. The van der Waals surface area contributed by atoms with Crippen LogP contribution in [0.3, 0.4) is 0 Å². The maximum atomic E-state index is 10.1. The Balaban J connectivity index is 0.000000810. The summed E-state index contributed by atoms with van der Waals surface area (Å²) in [5.74, 6) is 0. The van der Waals surface area contributed by atoms with Crippen molar-refractivity contribution in [3.8, 4) is 0 Å². The lowest BCUT2D eigenvalue weighted by Gasteiger charge is -1.93. The zero-order chi connectivity index (χ0) is 6.91. The van der Waals surface area contributed by atoms with Gasteiger partial charge in [-0.3, -0.25) is 4.55 Å². The zero-order valence-electron chi connectivity index (χ0n) is 4.68. The van der Waals surface area contributed by atoms with E-state index >= 15 is 0 Å². The molecule has 0 spiro atoms. The molecule has 0 unspecified atom stereocenters. The second-order valence-corrected chi connectivity index (χ2v) is 2.72. The van der Waals surface area contributed by atoms with Gasteiger partial charge in [0, 0.05) is 6.08 Å². The molecule has 0 aromatic carbocycles. The third-order valence-corrected chi connectivity index (χ3v) is 1.46. The first kappa shape index (κ1) is 9.70. The smallest absolute Gasteiger partial charge is 0.322 e. The first-order chi connectivity index (χ1) is 4.11. The molecular formula is C3H5ClO5S. The minimum absolute atomic E-state index is 0. The van der Waals surface area contributed by atoms with Crippen LogP contribution in [-0.4, -0.2) is 19.6 Å². The topological polar surface area (TPSA) is 72.8 Å². The van der Waals surface area contributed by atoms with Gasteiger partial charge < -0.3 is 4.89 Å². The van der Waals surface area contributed by atoms with Crippen LogP contribution in [-0.2, 0) is 19.9 Å². The molecule has 1 aliphatic rings. The molecule has 0 saturated heterocycles. The normalized spacial score (nSPS) is 17.1. The highest BCUT2D eigenvalue weighted by Gasteiger charge is 2.20. The van der Waals surface area contributed by atoms with E-state index < -0.39 is 15.2 Å². The molecule has 0 bridgehead atoms. The van der Waals surface area contributed by atoms with Crippen LogP contribution in [0.2, 0.25) is 0 Å². The average molecular weight is 189 g/mol. The van der Waals surface area contributed by atoms with Crippen LogP contribution in [0.1, 0.15) is 0 Å². The van der Waals surface area contributed by atoms with E-state index in [2.05, 4.69) is 9.78 Å². The monoisotopic (exact) mass is 188 g/mol. The molecule has 0 atom stereocenters. The van der Waals surface area contributed by atoms with Crippen molar-refractivity contribution < 1.29 is 22.7 Å². The van der Waals surface area contributed by atoms with Crippen LogP contribution in [0.25, 0.3) is 0 Å². The van der Waals surface area contributed by atoms with Crippen LogP contribution in [0, 0.1) is 0 Å². The van der Waals surface area contributed by atoms with Crippen LogP contribution in [0.4, 0.5) is 0 Å². The molecule has 1 heterocycles. The summed E-state index contributed by atoms with van der Waals surface area (Å²) < 4.78 is 28.4. The van der Waals surface area contributed by atoms with Crippen molar-refractivity contribution in [1.82, 2.24) is 0 Å². The molecular weight excluding hydrogens is 184 g/mol. The van der Waals surface area contributed by atoms with Crippen LogP contribution in [0.15, 0.2) is 11.2 Å². The van der Waals surface area contributed by atoms with E-state index in [1.807, 2.05) is 0 Å². The molecule has 0 saturated carbocycles. The quantitative estimate of drug-likeness (QED) is 0.467. The minimum Gasteiger partial charge on any atom is -0.322 e. The Morgan fingerprint density at radius 1 is 1.60 bits per heavy atom. The number of hydrogen-bond donors (Lipinski definition) is 1. The molecule has 0 amide bonds. The number of rotatable bonds is 1. The van der Waals surface area contributed by atoms with E-state index in [-0.39, 0.29) is 19.0 Å². The van der Waals surface area contributed by atoms with Gasteiger partial charge in [-0.05, 0) is 0 Å². The van der Waals surface area contributed by atoms with Crippen molar-refractivity contribution in [3.63, 3.8) is 0 Å². The van der Waals surface area contributed by atoms with Crippen LogP contribution < -0.4 is 0 Å². The minimum atomic E-state index is -4.19. The maximum Gasteiger partial charge on any atom is 0.331 e. The Hall–Kier alpha value is -0.300. The fourth-order valence-electron chi connectivity index (χ4n) is 0.376. The summed E-state index contributed by atoms with van der Waals surface area (Å²) in [6, 6.07) is 0. The lowest BCUT2D eigenvalue weighted by atomic mass is 10.7. The molecule has 60 valence electrons. The van der Waals surface area contributed by atoms with E-state index in [4.69, 9.17) is 4.55 Å². The summed E-state index contributed by atoms with van der Waals surface area (Å²) in [6.45, 7) is 0.0507. The van der Waals surface area contributed by atoms with Crippen molar-refractivity contribution in [1.29, 1.82) is 0 Å². The molecule has 10 heavy (non-hydrogen) atoms. The van der Waals surface area contributed by atoms with Gasteiger partial charge in [-0.15, -0.1) is 12.4 Å². The highest BCUT2D eigenvalue weighted by molar-refractivity contribution is 7.89. The highest BCUT2D eigenvalue weighted by Crippen LogP contribution is 2.11. The average Bonchev–Trinajstić information content (AvgIpc) is 2.08. The number of hydrogen-bond acceptors (Lipinski definition) is 4. The second kappa shape index (κ2) is 3.20.